The van der Waals surface area contributed by atoms with E-state index in [1.54, 1.807) is 43.4 Å². The first-order valence-corrected chi connectivity index (χ1v) is 13.9. The van der Waals surface area contributed by atoms with Gasteiger partial charge in [-0.15, -0.1) is 0 Å². The fraction of sp³-hybridized carbons (Fsp3) is 0.259. The van der Waals surface area contributed by atoms with Crippen molar-refractivity contribution in [3.63, 3.8) is 0 Å². The van der Waals surface area contributed by atoms with Crippen LogP contribution in [0.5, 0.6) is 11.5 Å². The Morgan fingerprint density at radius 1 is 1.00 bits per heavy atom. The van der Waals surface area contributed by atoms with Gasteiger partial charge in [0.1, 0.15) is 17.1 Å². The molecule has 1 aliphatic heterocycles. The molecule has 2 aromatic carbocycles. The van der Waals surface area contributed by atoms with Crippen LogP contribution in [0.2, 0.25) is 0 Å². The fourth-order valence-electron chi connectivity index (χ4n) is 4.66. The van der Waals surface area contributed by atoms with Gasteiger partial charge >= 0.3 is 0 Å². The first kappa shape index (κ1) is 26.6. The van der Waals surface area contributed by atoms with Crippen LogP contribution in [0, 0.1) is 11.6 Å². The minimum atomic E-state index is -3.35. The predicted octanol–water partition coefficient (Wildman–Crippen LogP) is 3.71. The van der Waals surface area contributed by atoms with E-state index in [0.717, 1.165) is 6.07 Å². The fourth-order valence-corrected chi connectivity index (χ4v) is 5.74. The number of sulfonamides is 1. The monoisotopic (exact) mass is 556 g/mol. The summed E-state index contributed by atoms with van der Waals surface area (Å²) in [5, 5.41) is 0.575. The third-order valence-electron chi connectivity index (χ3n) is 6.81. The molecular weight excluding hydrogens is 530 g/mol. The smallest absolute Gasteiger partial charge is 0.274 e. The Morgan fingerprint density at radius 3 is 2.41 bits per heavy atom. The Kier molecular flexibility index (Phi) is 7.00. The molecular formula is C27H26F2N4O5S. The van der Waals surface area contributed by atoms with Gasteiger partial charge in [0.05, 0.1) is 5.75 Å². The molecule has 0 unspecified atom stereocenters. The van der Waals surface area contributed by atoms with Crippen molar-refractivity contribution in [3.8, 4) is 22.6 Å². The number of hydrogen-bond donors (Lipinski definition) is 1. The molecule has 39 heavy (non-hydrogen) atoms. The lowest BCUT2D eigenvalue weighted by Crippen LogP contribution is -2.50. The minimum absolute atomic E-state index is 0.00633. The van der Waals surface area contributed by atoms with Crippen molar-refractivity contribution in [2.75, 3.05) is 31.9 Å². The Balaban J connectivity index is 1.56. The van der Waals surface area contributed by atoms with E-state index >= 15 is 0 Å². The topological polar surface area (TPSA) is 105 Å². The second kappa shape index (κ2) is 10.3. The van der Waals surface area contributed by atoms with Crippen molar-refractivity contribution >= 4 is 26.8 Å². The van der Waals surface area contributed by atoms with Crippen LogP contribution in [0.25, 0.3) is 22.0 Å². The number of hydrogen-bond acceptors (Lipinski definition) is 5. The van der Waals surface area contributed by atoms with Gasteiger partial charge in [0.2, 0.25) is 10.0 Å². The van der Waals surface area contributed by atoms with E-state index in [1.807, 2.05) is 0 Å². The van der Waals surface area contributed by atoms with Gasteiger partial charge in [0, 0.05) is 73.8 Å². The number of nitrogens with zero attached hydrogens (tertiary/aromatic N) is 3. The largest absolute Gasteiger partial charge is 0.454 e. The molecule has 1 N–H and O–H groups in total. The summed E-state index contributed by atoms with van der Waals surface area (Å²) in [6, 6.07) is 9.33. The quantitative estimate of drug-likeness (QED) is 0.390. The Bertz CT molecular complexity index is 1740. The van der Waals surface area contributed by atoms with Crippen LogP contribution in [0.3, 0.4) is 0 Å². The van der Waals surface area contributed by atoms with E-state index in [-0.39, 0.29) is 54.9 Å². The zero-order chi connectivity index (χ0) is 27.9. The summed E-state index contributed by atoms with van der Waals surface area (Å²) >= 11 is 0. The summed E-state index contributed by atoms with van der Waals surface area (Å²) in [7, 11) is -1.76. The van der Waals surface area contributed by atoms with Gasteiger partial charge < -0.3 is 19.2 Å². The molecule has 1 saturated heterocycles. The highest BCUT2D eigenvalue weighted by Gasteiger charge is 2.29. The average molecular weight is 557 g/mol. The number of amides is 1. The van der Waals surface area contributed by atoms with E-state index in [4.69, 9.17) is 4.74 Å². The number of ether oxygens (including phenoxy) is 1. The number of carbonyl (C=O) groups is 1. The molecule has 1 amide bonds. The van der Waals surface area contributed by atoms with E-state index < -0.39 is 21.7 Å². The molecule has 12 heteroatoms. The second-order valence-electron chi connectivity index (χ2n) is 9.20. The summed E-state index contributed by atoms with van der Waals surface area (Å²) in [4.78, 5) is 30.6. The number of piperazine rings is 1. The number of fused-ring (bicyclic) bond motifs is 1. The maximum absolute atomic E-state index is 14.5. The third kappa shape index (κ3) is 5.04. The Morgan fingerprint density at radius 2 is 1.72 bits per heavy atom. The molecule has 0 aliphatic carbocycles. The summed E-state index contributed by atoms with van der Waals surface area (Å²) in [5.74, 6) is -1.97. The molecule has 0 radical (unpaired) electrons. The molecule has 2 aromatic heterocycles. The van der Waals surface area contributed by atoms with Crippen molar-refractivity contribution in [2.24, 2.45) is 7.05 Å². The highest BCUT2D eigenvalue weighted by atomic mass is 32.2. The molecule has 0 saturated carbocycles. The van der Waals surface area contributed by atoms with Crippen molar-refractivity contribution in [1.29, 1.82) is 0 Å². The lowest BCUT2D eigenvalue weighted by atomic mass is 9.99. The average Bonchev–Trinajstić information content (AvgIpc) is 3.43. The molecule has 1 fully saturated rings. The van der Waals surface area contributed by atoms with Crippen LogP contribution in [-0.4, -0.2) is 65.0 Å². The number of rotatable bonds is 6. The van der Waals surface area contributed by atoms with Crippen LogP contribution >= 0.6 is 0 Å². The van der Waals surface area contributed by atoms with Gasteiger partial charge in [-0.25, -0.2) is 17.2 Å². The first-order valence-electron chi connectivity index (χ1n) is 12.3. The lowest BCUT2D eigenvalue weighted by Gasteiger charge is -2.34. The Hall–Kier alpha value is -4.03. The first-order chi connectivity index (χ1) is 18.6. The number of nitrogens with one attached hydrogen (secondary N) is 1. The maximum atomic E-state index is 14.5. The summed E-state index contributed by atoms with van der Waals surface area (Å²) < 4.78 is 61.0. The van der Waals surface area contributed by atoms with Crippen LogP contribution in [-0.2, 0) is 17.1 Å². The number of benzene rings is 2. The van der Waals surface area contributed by atoms with Crippen LogP contribution in [0.15, 0.2) is 59.7 Å². The molecule has 5 rings (SSSR count). The van der Waals surface area contributed by atoms with E-state index in [2.05, 4.69) is 4.98 Å². The predicted molar refractivity (Wildman–Crippen MR) is 142 cm³/mol. The zero-order valence-corrected chi connectivity index (χ0v) is 22.1. The number of pyridine rings is 1. The van der Waals surface area contributed by atoms with Gasteiger partial charge in [-0.1, -0.05) is 0 Å². The van der Waals surface area contributed by atoms with Gasteiger partial charge in [-0.05, 0) is 43.3 Å². The molecule has 3 heterocycles. The van der Waals surface area contributed by atoms with Crippen LogP contribution < -0.4 is 10.3 Å². The number of halogens is 2. The van der Waals surface area contributed by atoms with Crippen molar-refractivity contribution in [2.45, 2.75) is 6.92 Å². The van der Waals surface area contributed by atoms with Gasteiger partial charge in [-0.2, -0.15) is 4.31 Å². The number of aryl methyl sites for hydroxylation is 1. The molecule has 0 spiro atoms. The minimum Gasteiger partial charge on any atom is -0.454 e. The molecule has 9 nitrogen and oxygen atoms in total. The standard InChI is InChI=1S/C27H26F2N4O5S/c1-3-39(36,37)33-12-10-32(11-13-33)26(34)17-4-6-23(38-24-7-5-18(28)15-22(24)29)20(14-17)21-16-31(2)27(35)25-19(21)8-9-30-25/h4-9,14-16,30H,3,10-13H2,1-2H3. The number of aromatic amines is 1. The molecule has 4 aromatic rings. The Labute approximate surface area is 223 Å². The van der Waals surface area contributed by atoms with Crippen molar-refractivity contribution in [1.82, 2.24) is 18.8 Å². The lowest BCUT2D eigenvalue weighted by molar-refractivity contribution is 0.0698. The number of H-pyrrole nitrogens is 1. The van der Waals surface area contributed by atoms with Crippen LogP contribution in [0.4, 0.5) is 8.78 Å². The summed E-state index contributed by atoms with van der Waals surface area (Å²) in [5.41, 5.74) is 1.37. The van der Waals surface area contributed by atoms with E-state index in [0.29, 0.717) is 33.7 Å². The highest BCUT2D eigenvalue weighted by Crippen LogP contribution is 2.38. The van der Waals surface area contributed by atoms with Gasteiger partial charge in [-0.3, -0.25) is 9.59 Å². The number of carbonyl (C=O) groups excluding carboxylic acids is 1. The normalized spacial score (nSPS) is 14.6. The SMILES string of the molecule is CCS(=O)(=O)N1CCN(C(=O)c2ccc(Oc3ccc(F)cc3F)c(-c3cn(C)c(=O)c4[nH]ccc34)c2)CC1. The summed E-state index contributed by atoms with van der Waals surface area (Å²) in [6.45, 7) is 2.44. The van der Waals surface area contributed by atoms with Crippen LogP contribution in [0.1, 0.15) is 17.3 Å². The highest BCUT2D eigenvalue weighted by molar-refractivity contribution is 7.89. The molecule has 0 atom stereocenters. The summed E-state index contributed by atoms with van der Waals surface area (Å²) in [6.07, 6.45) is 3.22. The van der Waals surface area contributed by atoms with Gasteiger partial charge in [0.15, 0.2) is 11.6 Å². The van der Waals surface area contributed by atoms with E-state index in [1.165, 1.54) is 27.1 Å². The van der Waals surface area contributed by atoms with Crippen molar-refractivity contribution in [3.05, 3.63) is 82.4 Å². The molecule has 0 bridgehead atoms. The van der Waals surface area contributed by atoms with E-state index in [9.17, 15) is 26.8 Å². The van der Waals surface area contributed by atoms with Gasteiger partial charge in [0.25, 0.3) is 11.5 Å². The molecule has 204 valence electrons. The number of aromatic nitrogens is 2. The zero-order valence-electron chi connectivity index (χ0n) is 21.3. The maximum Gasteiger partial charge on any atom is 0.274 e. The van der Waals surface area contributed by atoms with Crippen molar-refractivity contribution < 1.29 is 26.7 Å². The third-order valence-corrected chi connectivity index (χ3v) is 8.69. The second-order valence-corrected chi connectivity index (χ2v) is 11.5. The molecule has 1 aliphatic rings.